The Morgan fingerprint density at radius 2 is 1.83 bits per heavy atom. The van der Waals surface area contributed by atoms with Gasteiger partial charge < -0.3 is 9.47 Å². The van der Waals surface area contributed by atoms with Gasteiger partial charge in [0.25, 0.3) is 0 Å². The molecule has 3 aliphatic rings. The molecule has 3 aromatic rings. The van der Waals surface area contributed by atoms with Crippen LogP contribution >= 0.6 is 0 Å². The van der Waals surface area contributed by atoms with Gasteiger partial charge in [-0.2, -0.15) is 10.5 Å². The largest absolute Gasteiger partial charge is 0.493 e. The summed E-state index contributed by atoms with van der Waals surface area (Å²) in [6.07, 6.45) is 3.41. The predicted molar refractivity (Wildman–Crippen MR) is 129 cm³/mol. The van der Waals surface area contributed by atoms with Crippen LogP contribution in [0.3, 0.4) is 0 Å². The molecule has 0 unspecified atom stereocenters. The molecule has 8 nitrogen and oxygen atoms in total. The highest BCUT2D eigenvalue weighted by Gasteiger charge is 2.73. The van der Waals surface area contributed by atoms with Gasteiger partial charge in [-0.3, -0.25) is 14.6 Å². The van der Waals surface area contributed by atoms with Crippen molar-refractivity contribution in [2.75, 3.05) is 11.5 Å². The summed E-state index contributed by atoms with van der Waals surface area (Å²) in [5, 5.41) is 19.1. The first-order valence-electron chi connectivity index (χ1n) is 11.9. The van der Waals surface area contributed by atoms with Crippen molar-refractivity contribution < 1.29 is 19.1 Å². The van der Waals surface area contributed by atoms with Crippen LogP contribution < -0.4 is 9.64 Å². The molecule has 8 heteroatoms. The van der Waals surface area contributed by atoms with Crippen LogP contribution in [0.1, 0.15) is 37.3 Å². The number of aromatic nitrogens is 1. The number of nitrogens with zero attached hydrogens (tertiary/aromatic N) is 4. The van der Waals surface area contributed by atoms with E-state index in [0.717, 1.165) is 0 Å². The van der Waals surface area contributed by atoms with Crippen LogP contribution in [0.2, 0.25) is 0 Å². The van der Waals surface area contributed by atoms with E-state index in [1.54, 1.807) is 54.7 Å². The van der Waals surface area contributed by atoms with Gasteiger partial charge in [-0.15, -0.1) is 0 Å². The van der Waals surface area contributed by atoms with Gasteiger partial charge >= 0.3 is 0 Å². The molecule has 2 aromatic carbocycles. The second-order valence-corrected chi connectivity index (χ2v) is 9.82. The molecule has 6 rings (SSSR count). The lowest BCUT2D eigenvalue weighted by Crippen LogP contribution is -2.43. The second kappa shape index (κ2) is 7.87. The van der Waals surface area contributed by atoms with Crippen LogP contribution in [0, 0.1) is 34.5 Å². The van der Waals surface area contributed by atoms with Crippen molar-refractivity contribution in [1.29, 1.82) is 10.5 Å². The zero-order chi connectivity index (χ0) is 25.1. The Labute approximate surface area is 207 Å². The highest BCUT2D eigenvalue weighted by atomic mass is 16.5. The van der Waals surface area contributed by atoms with Crippen molar-refractivity contribution in [3.05, 3.63) is 65.9 Å². The molecule has 2 bridgehead atoms. The molecule has 1 aromatic heterocycles. The molecule has 4 atom stereocenters. The molecule has 0 radical (unpaired) electrons. The molecule has 0 saturated carbocycles. The summed E-state index contributed by atoms with van der Waals surface area (Å²) in [6, 6.07) is 17.8. The molecule has 36 heavy (non-hydrogen) atoms. The van der Waals surface area contributed by atoms with Gasteiger partial charge in [0.15, 0.2) is 0 Å². The zero-order valence-electron chi connectivity index (χ0n) is 19.6. The highest BCUT2D eigenvalue weighted by molar-refractivity contribution is 6.26. The summed E-state index contributed by atoms with van der Waals surface area (Å²) in [6.45, 7) is 2.24. The molecule has 3 fully saturated rings. The molecular formula is C28H22N4O4. The monoisotopic (exact) mass is 478 g/mol. The smallest absolute Gasteiger partial charge is 0.240 e. The standard InChI is InChI=1S/C28H22N4O4/c1-27-10-11-28(36-27,12-14-35-19-7-4-17(15-29)5-8-19)23-22(27)25(33)32(26(23)34)21-9-6-18(16-30)24-20(21)3-2-13-31-24/h2-9,13,22-23H,10-12,14H2,1H3/t22-,23+,27-,28-/m0/s1. The minimum Gasteiger partial charge on any atom is -0.493 e. The summed E-state index contributed by atoms with van der Waals surface area (Å²) in [7, 11) is 0. The molecule has 4 heterocycles. The Bertz CT molecular complexity index is 1500. The molecule has 0 spiro atoms. The van der Waals surface area contributed by atoms with Gasteiger partial charge in [0.05, 0.1) is 58.0 Å². The highest BCUT2D eigenvalue weighted by Crippen LogP contribution is 2.62. The average Bonchev–Trinajstić information content (AvgIpc) is 3.48. The molecule has 2 amide bonds. The van der Waals surface area contributed by atoms with Crippen molar-refractivity contribution in [2.24, 2.45) is 11.8 Å². The van der Waals surface area contributed by atoms with E-state index in [1.807, 2.05) is 6.92 Å². The van der Waals surface area contributed by atoms with E-state index < -0.39 is 23.0 Å². The fourth-order valence-electron chi connectivity index (χ4n) is 6.26. The normalized spacial score (nSPS) is 28.2. The SMILES string of the molecule is C[C@@]12CC[C@@](CCOc3ccc(C#N)cc3)(O1)[C@H]1C(=O)N(c3ccc(C#N)c4ncccc34)C(=O)[C@H]12. The Kier molecular flexibility index (Phi) is 4.86. The molecule has 0 N–H and O–H groups in total. The number of benzene rings is 2. The van der Waals surface area contributed by atoms with E-state index in [0.29, 0.717) is 59.3 Å². The number of imide groups is 1. The first-order valence-corrected chi connectivity index (χ1v) is 11.9. The number of nitriles is 2. The van der Waals surface area contributed by atoms with E-state index in [4.69, 9.17) is 14.7 Å². The lowest BCUT2D eigenvalue weighted by atomic mass is 9.67. The van der Waals surface area contributed by atoms with Gasteiger partial charge in [-0.1, -0.05) is 0 Å². The predicted octanol–water partition coefficient (Wildman–Crippen LogP) is 3.87. The van der Waals surface area contributed by atoms with Gasteiger partial charge in [0.2, 0.25) is 11.8 Å². The lowest BCUT2D eigenvalue weighted by Gasteiger charge is -2.31. The lowest BCUT2D eigenvalue weighted by molar-refractivity contribution is -0.131. The number of carbonyl (C=O) groups is 2. The van der Waals surface area contributed by atoms with Crippen LogP contribution in [0.15, 0.2) is 54.7 Å². The maximum absolute atomic E-state index is 13.9. The molecule has 178 valence electrons. The quantitative estimate of drug-likeness (QED) is 0.511. The van der Waals surface area contributed by atoms with Gasteiger partial charge in [-0.05, 0) is 68.3 Å². The van der Waals surface area contributed by atoms with Crippen molar-refractivity contribution in [1.82, 2.24) is 4.98 Å². The average molecular weight is 479 g/mol. The van der Waals surface area contributed by atoms with Gasteiger partial charge in [-0.25, -0.2) is 4.90 Å². The second-order valence-electron chi connectivity index (χ2n) is 9.82. The van der Waals surface area contributed by atoms with Crippen LogP contribution in [0.4, 0.5) is 5.69 Å². The maximum atomic E-state index is 13.9. The number of hydrogen-bond acceptors (Lipinski definition) is 7. The van der Waals surface area contributed by atoms with Crippen molar-refractivity contribution in [2.45, 2.75) is 37.4 Å². The number of carbonyl (C=O) groups excluding carboxylic acids is 2. The number of rotatable bonds is 5. The Balaban J connectivity index is 1.31. The van der Waals surface area contributed by atoms with Crippen molar-refractivity contribution in [3.63, 3.8) is 0 Å². The summed E-state index contributed by atoms with van der Waals surface area (Å²) in [4.78, 5) is 33.3. The Morgan fingerprint density at radius 1 is 1.06 bits per heavy atom. The van der Waals surface area contributed by atoms with Gasteiger partial charge in [0.1, 0.15) is 11.8 Å². The summed E-state index contributed by atoms with van der Waals surface area (Å²) in [5.41, 5.74) is 0.352. The van der Waals surface area contributed by atoms with Crippen molar-refractivity contribution in [3.8, 4) is 17.9 Å². The van der Waals surface area contributed by atoms with E-state index >= 15 is 0 Å². The Morgan fingerprint density at radius 3 is 2.58 bits per heavy atom. The first-order chi connectivity index (χ1) is 17.4. The van der Waals surface area contributed by atoms with Crippen LogP contribution in [0.25, 0.3) is 10.9 Å². The fourth-order valence-corrected chi connectivity index (χ4v) is 6.26. The summed E-state index contributed by atoms with van der Waals surface area (Å²) < 4.78 is 12.4. The van der Waals surface area contributed by atoms with E-state index in [1.165, 1.54) is 4.90 Å². The third-order valence-electron chi connectivity index (χ3n) is 7.90. The summed E-state index contributed by atoms with van der Waals surface area (Å²) in [5.74, 6) is -1.09. The number of fused-ring (bicyclic) bond motifs is 6. The number of hydrogen-bond donors (Lipinski definition) is 0. The minimum atomic E-state index is -0.784. The van der Waals surface area contributed by atoms with E-state index in [9.17, 15) is 14.9 Å². The van der Waals surface area contributed by atoms with Crippen LogP contribution in [-0.4, -0.2) is 34.6 Å². The minimum absolute atomic E-state index is 0.267. The van der Waals surface area contributed by atoms with E-state index in [-0.39, 0.29) is 11.8 Å². The fraction of sp³-hybridized carbons (Fsp3) is 0.321. The maximum Gasteiger partial charge on any atom is 0.240 e. The molecule has 3 saturated heterocycles. The van der Waals surface area contributed by atoms with E-state index in [2.05, 4.69) is 17.1 Å². The third-order valence-corrected chi connectivity index (χ3v) is 7.90. The number of anilines is 1. The number of amides is 2. The molecule has 0 aliphatic carbocycles. The molecular weight excluding hydrogens is 456 g/mol. The number of ether oxygens (including phenoxy) is 2. The Hall–Kier alpha value is -4.27. The van der Waals surface area contributed by atoms with Crippen molar-refractivity contribution >= 4 is 28.4 Å². The van der Waals surface area contributed by atoms with Crippen LogP contribution in [0.5, 0.6) is 5.75 Å². The first kappa shape index (κ1) is 22.2. The number of pyridine rings is 1. The molecule has 3 aliphatic heterocycles. The van der Waals surface area contributed by atoms with Crippen LogP contribution in [-0.2, 0) is 14.3 Å². The zero-order valence-corrected chi connectivity index (χ0v) is 19.6. The van der Waals surface area contributed by atoms with Gasteiger partial charge in [0, 0.05) is 18.0 Å². The third kappa shape index (κ3) is 3.05. The summed E-state index contributed by atoms with van der Waals surface area (Å²) >= 11 is 0. The topological polar surface area (TPSA) is 116 Å².